The molecule has 0 atom stereocenters. The summed E-state index contributed by atoms with van der Waals surface area (Å²) in [6, 6.07) is 6.65. The number of carbonyl (C=O) groups excluding carboxylic acids is 1. The number of carbonyl (C=O) groups is 1. The molecule has 0 spiro atoms. The van der Waals surface area contributed by atoms with Gasteiger partial charge in [-0.3, -0.25) is 9.89 Å². The molecular weight excluding hydrogens is 268 g/mol. The highest BCUT2D eigenvalue weighted by molar-refractivity contribution is 6.00. The maximum atomic E-state index is 12.1. The minimum atomic E-state index is -0.299. The molecule has 2 aromatic rings. The van der Waals surface area contributed by atoms with Crippen LogP contribution in [0.3, 0.4) is 0 Å². The lowest BCUT2D eigenvalue weighted by Crippen LogP contribution is -2.21. The molecular formula is C15H16N4O2. The standard InChI is InChI=1S/C15H16N4O2/c1-9(10-5-7-11(20)8-6-10)16-19-15(21)14-12-3-2-4-13(12)17-18-14/h5-8,20H,2-4H2,1H3,(H,17,18)(H,19,21)/b16-9-. The number of phenolic OH excluding ortho intramolecular Hbond substituents is 1. The SMILES string of the molecule is C/C(=N/NC(=O)c1n[nH]c2c1CCC2)c1ccc(O)cc1. The molecule has 0 fully saturated rings. The summed E-state index contributed by atoms with van der Waals surface area (Å²) in [5.74, 6) is -0.102. The summed E-state index contributed by atoms with van der Waals surface area (Å²) in [6.45, 7) is 1.79. The highest BCUT2D eigenvalue weighted by Crippen LogP contribution is 2.22. The Kier molecular flexibility index (Phi) is 3.43. The second kappa shape index (κ2) is 5.40. The van der Waals surface area contributed by atoms with E-state index in [-0.39, 0.29) is 11.7 Å². The van der Waals surface area contributed by atoms with Crippen molar-refractivity contribution in [3.05, 3.63) is 46.8 Å². The van der Waals surface area contributed by atoms with Crippen LogP contribution in [-0.4, -0.2) is 26.9 Å². The number of aryl methyl sites for hydroxylation is 1. The number of aromatic amines is 1. The summed E-state index contributed by atoms with van der Waals surface area (Å²) in [4.78, 5) is 12.1. The van der Waals surface area contributed by atoms with Crippen LogP contribution < -0.4 is 5.43 Å². The van der Waals surface area contributed by atoms with Gasteiger partial charge in [-0.2, -0.15) is 10.2 Å². The Hall–Kier alpha value is -2.63. The number of H-pyrrole nitrogens is 1. The molecule has 108 valence electrons. The Balaban J connectivity index is 1.72. The highest BCUT2D eigenvalue weighted by atomic mass is 16.3. The normalized spacial score (nSPS) is 14.0. The number of aromatic hydroxyl groups is 1. The average Bonchev–Trinajstić information content (AvgIpc) is 3.08. The van der Waals surface area contributed by atoms with E-state index in [1.165, 1.54) is 0 Å². The van der Waals surface area contributed by atoms with Crippen molar-refractivity contribution in [2.24, 2.45) is 5.10 Å². The van der Waals surface area contributed by atoms with E-state index in [9.17, 15) is 9.90 Å². The van der Waals surface area contributed by atoms with Gasteiger partial charge < -0.3 is 5.11 Å². The average molecular weight is 284 g/mol. The zero-order valence-electron chi connectivity index (χ0n) is 11.7. The van der Waals surface area contributed by atoms with Crippen LogP contribution in [0.15, 0.2) is 29.4 Å². The molecule has 0 bridgehead atoms. The molecule has 3 rings (SSSR count). The molecule has 3 N–H and O–H groups in total. The van der Waals surface area contributed by atoms with Gasteiger partial charge in [0, 0.05) is 11.3 Å². The van der Waals surface area contributed by atoms with Gasteiger partial charge >= 0.3 is 0 Å². The van der Waals surface area contributed by atoms with Gasteiger partial charge in [-0.15, -0.1) is 0 Å². The zero-order valence-corrected chi connectivity index (χ0v) is 11.7. The van der Waals surface area contributed by atoms with E-state index < -0.39 is 0 Å². The van der Waals surface area contributed by atoms with E-state index >= 15 is 0 Å². The summed E-state index contributed by atoms with van der Waals surface area (Å²) in [5, 5.41) is 20.3. The van der Waals surface area contributed by atoms with E-state index in [2.05, 4.69) is 20.7 Å². The lowest BCUT2D eigenvalue weighted by molar-refractivity contribution is 0.0949. The second-order valence-corrected chi connectivity index (χ2v) is 5.07. The molecule has 0 saturated heterocycles. The third kappa shape index (κ3) is 2.65. The van der Waals surface area contributed by atoms with Crippen LogP contribution in [0.25, 0.3) is 0 Å². The number of nitrogens with zero attached hydrogens (tertiary/aromatic N) is 2. The molecule has 1 aromatic carbocycles. The van der Waals surface area contributed by atoms with Gasteiger partial charge in [0.25, 0.3) is 5.91 Å². The first-order chi connectivity index (χ1) is 10.1. The van der Waals surface area contributed by atoms with E-state index in [1.54, 1.807) is 31.2 Å². The molecule has 1 aliphatic rings. The summed E-state index contributed by atoms with van der Waals surface area (Å²) in [5.41, 5.74) is 6.52. The summed E-state index contributed by atoms with van der Waals surface area (Å²) >= 11 is 0. The van der Waals surface area contributed by atoms with Gasteiger partial charge in [-0.1, -0.05) is 0 Å². The Bertz CT molecular complexity index is 701. The fourth-order valence-electron chi connectivity index (χ4n) is 2.46. The molecule has 1 aromatic heterocycles. The molecule has 0 radical (unpaired) electrons. The van der Waals surface area contributed by atoms with Crippen LogP contribution in [0.2, 0.25) is 0 Å². The van der Waals surface area contributed by atoms with Gasteiger partial charge in [0.15, 0.2) is 5.69 Å². The Morgan fingerprint density at radius 2 is 2.10 bits per heavy atom. The second-order valence-electron chi connectivity index (χ2n) is 5.07. The number of hydrogen-bond donors (Lipinski definition) is 3. The van der Waals surface area contributed by atoms with Crippen LogP contribution >= 0.6 is 0 Å². The first kappa shape index (κ1) is 13.4. The third-order valence-electron chi connectivity index (χ3n) is 3.63. The molecule has 0 aliphatic heterocycles. The highest BCUT2D eigenvalue weighted by Gasteiger charge is 2.22. The van der Waals surface area contributed by atoms with Crippen LogP contribution in [0.1, 0.15) is 40.7 Å². The van der Waals surface area contributed by atoms with Crippen molar-refractivity contribution in [2.75, 3.05) is 0 Å². The van der Waals surface area contributed by atoms with Crippen molar-refractivity contribution in [1.29, 1.82) is 0 Å². The predicted molar refractivity (Wildman–Crippen MR) is 78.4 cm³/mol. The number of nitrogens with one attached hydrogen (secondary N) is 2. The van der Waals surface area contributed by atoms with Gasteiger partial charge in [0.2, 0.25) is 0 Å². The number of amides is 1. The number of fused-ring (bicyclic) bond motifs is 1. The van der Waals surface area contributed by atoms with Gasteiger partial charge in [0.05, 0.1) is 5.71 Å². The molecule has 1 aliphatic carbocycles. The van der Waals surface area contributed by atoms with Crippen LogP contribution in [0.5, 0.6) is 5.75 Å². The lowest BCUT2D eigenvalue weighted by Gasteiger charge is -2.02. The first-order valence-electron chi connectivity index (χ1n) is 6.85. The molecule has 6 nitrogen and oxygen atoms in total. The van der Waals surface area contributed by atoms with E-state index in [4.69, 9.17) is 0 Å². The van der Waals surface area contributed by atoms with Crippen molar-refractivity contribution in [1.82, 2.24) is 15.6 Å². The maximum absolute atomic E-state index is 12.1. The number of rotatable bonds is 3. The largest absolute Gasteiger partial charge is 0.508 e. The number of benzene rings is 1. The number of phenols is 1. The van der Waals surface area contributed by atoms with E-state index in [0.29, 0.717) is 11.4 Å². The van der Waals surface area contributed by atoms with Crippen LogP contribution in [-0.2, 0) is 12.8 Å². The fraction of sp³-hybridized carbons (Fsp3) is 0.267. The van der Waals surface area contributed by atoms with Gasteiger partial charge in [0.1, 0.15) is 5.75 Å². The van der Waals surface area contributed by atoms with Gasteiger partial charge in [-0.25, -0.2) is 5.43 Å². The molecule has 0 saturated carbocycles. The number of hydrazone groups is 1. The summed E-state index contributed by atoms with van der Waals surface area (Å²) < 4.78 is 0. The van der Waals surface area contributed by atoms with Crippen molar-refractivity contribution in [3.63, 3.8) is 0 Å². The predicted octanol–water partition coefficient (Wildman–Crippen LogP) is 1.76. The first-order valence-corrected chi connectivity index (χ1v) is 6.85. The monoisotopic (exact) mass is 284 g/mol. The van der Waals surface area contributed by atoms with E-state index in [0.717, 1.165) is 36.1 Å². The quantitative estimate of drug-likeness (QED) is 0.592. The van der Waals surface area contributed by atoms with Crippen molar-refractivity contribution < 1.29 is 9.90 Å². The topological polar surface area (TPSA) is 90.4 Å². The lowest BCUT2D eigenvalue weighted by atomic mass is 10.1. The Morgan fingerprint density at radius 1 is 1.33 bits per heavy atom. The molecule has 0 unspecified atom stereocenters. The maximum Gasteiger partial charge on any atom is 0.292 e. The van der Waals surface area contributed by atoms with E-state index in [1.807, 2.05) is 0 Å². The Labute approximate surface area is 121 Å². The van der Waals surface area contributed by atoms with Crippen LogP contribution in [0.4, 0.5) is 0 Å². The number of aromatic nitrogens is 2. The minimum Gasteiger partial charge on any atom is -0.508 e. The fourth-order valence-corrected chi connectivity index (χ4v) is 2.46. The van der Waals surface area contributed by atoms with Crippen LogP contribution in [0, 0.1) is 0 Å². The Morgan fingerprint density at radius 3 is 2.86 bits per heavy atom. The summed E-state index contributed by atoms with van der Waals surface area (Å²) in [6.07, 6.45) is 2.89. The molecule has 1 heterocycles. The van der Waals surface area contributed by atoms with Crippen molar-refractivity contribution in [3.8, 4) is 5.75 Å². The zero-order chi connectivity index (χ0) is 14.8. The summed E-state index contributed by atoms with van der Waals surface area (Å²) in [7, 11) is 0. The van der Waals surface area contributed by atoms with Crippen molar-refractivity contribution in [2.45, 2.75) is 26.2 Å². The minimum absolute atomic E-state index is 0.197. The third-order valence-corrected chi connectivity index (χ3v) is 3.63. The number of hydrogen-bond acceptors (Lipinski definition) is 4. The molecule has 1 amide bonds. The smallest absolute Gasteiger partial charge is 0.292 e. The van der Waals surface area contributed by atoms with Gasteiger partial charge in [-0.05, 0) is 56.0 Å². The van der Waals surface area contributed by atoms with Crippen molar-refractivity contribution >= 4 is 11.6 Å². The molecule has 21 heavy (non-hydrogen) atoms. The molecule has 6 heteroatoms.